The summed E-state index contributed by atoms with van der Waals surface area (Å²) in [7, 11) is 0. The highest BCUT2D eigenvalue weighted by Gasteiger charge is 2.21. The summed E-state index contributed by atoms with van der Waals surface area (Å²) in [5.74, 6) is -0.123. The van der Waals surface area contributed by atoms with Gasteiger partial charge in [-0.3, -0.25) is 4.79 Å². The van der Waals surface area contributed by atoms with Gasteiger partial charge in [0, 0.05) is 16.8 Å². The molecule has 0 spiro atoms. The summed E-state index contributed by atoms with van der Waals surface area (Å²) in [6, 6.07) is 0.245. The molecule has 15 heavy (non-hydrogen) atoms. The van der Waals surface area contributed by atoms with Crippen molar-refractivity contribution in [3.8, 4) is 0 Å². The molecule has 0 aromatic carbocycles. The average Bonchev–Trinajstić information content (AvgIpc) is 2.74. The SMILES string of the molecule is O=C(NC1CCC(Cl)CC1)c1csnn1. The van der Waals surface area contributed by atoms with E-state index in [2.05, 4.69) is 14.9 Å². The maximum atomic E-state index is 11.6. The number of amides is 1. The number of aromatic nitrogens is 2. The van der Waals surface area contributed by atoms with Crippen LogP contribution in [0, 0.1) is 0 Å². The van der Waals surface area contributed by atoms with E-state index in [0.29, 0.717) is 5.69 Å². The maximum Gasteiger partial charge on any atom is 0.272 e. The number of alkyl halides is 1. The zero-order valence-electron chi connectivity index (χ0n) is 8.15. The molecular weight excluding hydrogens is 234 g/mol. The fourth-order valence-electron chi connectivity index (χ4n) is 1.72. The highest BCUT2D eigenvalue weighted by molar-refractivity contribution is 7.03. The molecule has 82 valence electrons. The zero-order valence-corrected chi connectivity index (χ0v) is 9.72. The van der Waals surface area contributed by atoms with Gasteiger partial charge in [-0.1, -0.05) is 4.49 Å². The fraction of sp³-hybridized carbons (Fsp3) is 0.667. The molecule has 6 heteroatoms. The lowest BCUT2D eigenvalue weighted by Gasteiger charge is -2.25. The van der Waals surface area contributed by atoms with Crippen molar-refractivity contribution in [1.82, 2.24) is 14.9 Å². The molecule has 1 amide bonds. The monoisotopic (exact) mass is 245 g/mol. The van der Waals surface area contributed by atoms with Crippen LogP contribution >= 0.6 is 23.1 Å². The highest BCUT2D eigenvalue weighted by atomic mass is 35.5. The second-order valence-corrected chi connectivity index (χ2v) is 4.94. The zero-order chi connectivity index (χ0) is 10.7. The molecule has 1 saturated carbocycles. The quantitative estimate of drug-likeness (QED) is 0.809. The number of carbonyl (C=O) groups is 1. The number of halogens is 1. The van der Waals surface area contributed by atoms with Crippen molar-refractivity contribution < 1.29 is 4.79 Å². The summed E-state index contributed by atoms with van der Waals surface area (Å²) in [6.07, 6.45) is 3.86. The first kappa shape index (κ1) is 10.8. The molecule has 0 atom stereocenters. The largest absolute Gasteiger partial charge is 0.348 e. The minimum atomic E-state index is -0.123. The van der Waals surface area contributed by atoms with Crippen LogP contribution in [0.3, 0.4) is 0 Å². The Balaban J connectivity index is 1.85. The summed E-state index contributed by atoms with van der Waals surface area (Å²) < 4.78 is 3.66. The van der Waals surface area contributed by atoms with Crippen molar-refractivity contribution in [2.45, 2.75) is 37.1 Å². The smallest absolute Gasteiger partial charge is 0.272 e. The van der Waals surface area contributed by atoms with Crippen LogP contribution in [0.15, 0.2) is 5.38 Å². The Bertz CT molecular complexity index is 322. The molecular formula is C9H12ClN3OS. The van der Waals surface area contributed by atoms with Gasteiger partial charge in [0.05, 0.1) is 0 Å². The van der Waals surface area contributed by atoms with Crippen LogP contribution in [0.5, 0.6) is 0 Å². The summed E-state index contributed by atoms with van der Waals surface area (Å²) in [5.41, 5.74) is 0.410. The minimum Gasteiger partial charge on any atom is -0.348 e. The lowest BCUT2D eigenvalue weighted by atomic mass is 9.95. The predicted molar refractivity (Wildman–Crippen MR) is 59.3 cm³/mol. The first-order chi connectivity index (χ1) is 7.25. The molecule has 2 rings (SSSR count). The predicted octanol–water partition coefficient (Wildman–Crippen LogP) is 1.82. The molecule has 1 fully saturated rings. The number of hydrogen-bond acceptors (Lipinski definition) is 4. The molecule has 1 heterocycles. The number of carbonyl (C=O) groups excluding carboxylic acids is 1. The maximum absolute atomic E-state index is 11.6. The molecule has 1 N–H and O–H groups in total. The molecule has 0 saturated heterocycles. The molecule has 0 bridgehead atoms. The van der Waals surface area contributed by atoms with E-state index >= 15 is 0 Å². The van der Waals surface area contributed by atoms with Crippen molar-refractivity contribution in [2.24, 2.45) is 0 Å². The molecule has 0 radical (unpaired) electrons. The van der Waals surface area contributed by atoms with Gasteiger partial charge in [0.15, 0.2) is 5.69 Å². The van der Waals surface area contributed by atoms with Crippen LogP contribution in [-0.2, 0) is 0 Å². The van der Waals surface area contributed by atoms with Gasteiger partial charge in [0.25, 0.3) is 5.91 Å². The van der Waals surface area contributed by atoms with Crippen molar-refractivity contribution in [2.75, 3.05) is 0 Å². The van der Waals surface area contributed by atoms with Gasteiger partial charge in [0.2, 0.25) is 0 Å². The van der Waals surface area contributed by atoms with Gasteiger partial charge in [-0.15, -0.1) is 16.7 Å². The average molecular weight is 246 g/mol. The van der Waals surface area contributed by atoms with Gasteiger partial charge < -0.3 is 5.32 Å². The van der Waals surface area contributed by atoms with Crippen LogP contribution in [0.2, 0.25) is 0 Å². The number of rotatable bonds is 2. The molecule has 1 aromatic heterocycles. The second kappa shape index (κ2) is 4.90. The Hall–Kier alpha value is -0.680. The molecule has 1 aliphatic rings. The first-order valence-electron chi connectivity index (χ1n) is 4.97. The van der Waals surface area contributed by atoms with E-state index < -0.39 is 0 Å². The lowest BCUT2D eigenvalue weighted by Crippen LogP contribution is -2.37. The van der Waals surface area contributed by atoms with Crippen LogP contribution in [0.1, 0.15) is 36.2 Å². The van der Waals surface area contributed by atoms with E-state index in [1.807, 2.05) is 0 Å². The van der Waals surface area contributed by atoms with Crippen molar-refractivity contribution in [3.63, 3.8) is 0 Å². The van der Waals surface area contributed by atoms with Crippen molar-refractivity contribution in [1.29, 1.82) is 0 Å². The third kappa shape index (κ3) is 2.89. The molecule has 1 aromatic rings. The Labute approximate surface area is 97.2 Å². The highest BCUT2D eigenvalue weighted by Crippen LogP contribution is 2.22. The minimum absolute atomic E-state index is 0.123. The van der Waals surface area contributed by atoms with Crippen molar-refractivity contribution in [3.05, 3.63) is 11.1 Å². The Kier molecular flexibility index (Phi) is 3.53. The molecule has 0 unspecified atom stereocenters. The van der Waals surface area contributed by atoms with Crippen LogP contribution in [-0.4, -0.2) is 26.9 Å². The van der Waals surface area contributed by atoms with E-state index in [4.69, 9.17) is 11.6 Å². The van der Waals surface area contributed by atoms with Crippen LogP contribution in [0.4, 0.5) is 0 Å². The van der Waals surface area contributed by atoms with Gasteiger partial charge >= 0.3 is 0 Å². The standard InChI is InChI=1S/C9H12ClN3OS/c10-6-1-3-7(4-2-6)11-9(14)8-5-15-13-12-8/h5-7H,1-4H2,(H,11,14). The molecule has 0 aliphatic heterocycles. The Morgan fingerprint density at radius 1 is 1.47 bits per heavy atom. The summed E-state index contributed by atoms with van der Waals surface area (Å²) >= 11 is 7.17. The van der Waals surface area contributed by atoms with Gasteiger partial charge in [-0.2, -0.15) is 0 Å². The third-order valence-corrected chi connectivity index (χ3v) is 3.53. The number of hydrogen-bond donors (Lipinski definition) is 1. The summed E-state index contributed by atoms with van der Waals surface area (Å²) in [6.45, 7) is 0. The van der Waals surface area contributed by atoms with Gasteiger partial charge in [-0.25, -0.2) is 0 Å². The summed E-state index contributed by atoms with van der Waals surface area (Å²) in [4.78, 5) is 11.6. The second-order valence-electron chi connectivity index (χ2n) is 3.71. The Morgan fingerprint density at radius 3 is 2.80 bits per heavy atom. The van der Waals surface area contributed by atoms with E-state index in [9.17, 15) is 4.79 Å². The lowest BCUT2D eigenvalue weighted by molar-refractivity contribution is 0.0923. The normalized spacial score (nSPS) is 26.2. The molecule has 4 nitrogen and oxygen atoms in total. The topological polar surface area (TPSA) is 54.9 Å². The Morgan fingerprint density at radius 2 is 2.20 bits per heavy atom. The van der Waals surface area contributed by atoms with Gasteiger partial charge in [-0.05, 0) is 37.2 Å². The number of nitrogens with one attached hydrogen (secondary N) is 1. The first-order valence-corrected chi connectivity index (χ1v) is 6.25. The third-order valence-electron chi connectivity index (χ3n) is 2.58. The fourth-order valence-corrected chi connectivity index (χ4v) is 2.41. The summed E-state index contributed by atoms with van der Waals surface area (Å²) in [5, 5.41) is 8.61. The van der Waals surface area contributed by atoms with Crippen LogP contribution < -0.4 is 5.32 Å². The van der Waals surface area contributed by atoms with Crippen molar-refractivity contribution >= 4 is 29.0 Å². The van der Waals surface area contributed by atoms with E-state index in [1.165, 1.54) is 11.5 Å². The number of nitrogens with zero attached hydrogens (tertiary/aromatic N) is 2. The van der Waals surface area contributed by atoms with E-state index in [-0.39, 0.29) is 17.3 Å². The van der Waals surface area contributed by atoms with Gasteiger partial charge in [0.1, 0.15) is 0 Å². The van der Waals surface area contributed by atoms with E-state index in [0.717, 1.165) is 25.7 Å². The molecule has 1 aliphatic carbocycles. The van der Waals surface area contributed by atoms with E-state index in [1.54, 1.807) is 5.38 Å². The van der Waals surface area contributed by atoms with Crippen LogP contribution in [0.25, 0.3) is 0 Å².